The quantitative estimate of drug-likeness (QED) is 0.685. The van der Waals surface area contributed by atoms with Gasteiger partial charge in [0.05, 0.1) is 0 Å². The third-order valence-corrected chi connectivity index (χ3v) is 1.99. The monoisotopic (exact) mass is 203 g/mol. The van der Waals surface area contributed by atoms with E-state index in [4.69, 9.17) is 0 Å². The average molecular weight is 204 g/mol. The highest BCUT2D eigenvalue weighted by Crippen LogP contribution is 2.12. The van der Waals surface area contributed by atoms with Crippen LogP contribution in [0.2, 0.25) is 0 Å². The summed E-state index contributed by atoms with van der Waals surface area (Å²) in [4.78, 5) is 7.16. The van der Waals surface area contributed by atoms with Gasteiger partial charge < -0.3 is 0 Å². The highest BCUT2D eigenvalue weighted by molar-refractivity contribution is 9.11. The van der Waals surface area contributed by atoms with Gasteiger partial charge in [0.2, 0.25) is 0 Å². The Hall–Kier alpha value is -0.150. The predicted molar refractivity (Wildman–Crippen MR) is 44.8 cm³/mol. The molecule has 1 heterocycles. The van der Waals surface area contributed by atoms with E-state index in [-0.39, 0.29) is 0 Å². The minimum atomic E-state index is 1.05. The fourth-order valence-corrected chi connectivity index (χ4v) is 1.61. The largest absolute Gasteiger partial charge is 0.245 e. The predicted octanol–water partition coefficient (Wildman–Crippen LogP) is 2.82. The van der Waals surface area contributed by atoms with Crippen LogP contribution in [0.1, 0.15) is 9.88 Å². The van der Waals surface area contributed by atoms with E-state index in [1.165, 1.54) is 4.88 Å². The normalized spacial score (nSPS) is 10.9. The second-order valence-electron chi connectivity index (χ2n) is 1.60. The summed E-state index contributed by atoms with van der Waals surface area (Å²) in [6.07, 6.45) is 3.80. The Morgan fingerprint density at radius 2 is 2.56 bits per heavy atom. The van der Waals surface area contributed by atoms with Crippen molar-refractivity contribution in [3.63, 3.8) is 0 Å². The Labute approximate surface area is 66.6 Å². The van der Waals surface area contributed by atoms with Crippen molar-refractivity contribution in [3.8, 4) is 0 Å². The van der Waals surface area contributed by atoms with E-state index >= 15 is 0 Å². The molecule has 0 saturated heterocycles. The number of hydrogen-bond acceptors (Lipinski definition) is 2. The molecule has 0 spiro atoms. The molecule has 0 aromatic carbocycles. The Morgan fingerprint density at radius 3 is 3.00 bits per heavy atom. The van der Waals surface area contributed by atoms with Crippen molar-refractivity contribution in [2.45, 2.75) is 6.92 Å². The Balaban J connectivity index is 2.85. The first-order valence-electron chi connectivity index (χ1n) is 2.52. The van der Waals surface area contributed by atoms with Crippen molar-refractivity contribution in [1.82, 2.24) is 4.98 Å². The molecule has 1 aromatic rings. The molecule has 9 heavy (non-hydrogen) atoms. The van der Waals surface area contributed by atoms with Crippen LogP contribution in [-0.2, 0) is 0 Å². The zero-order valence-corrected chi connectivity index (χ0v) is 7.37. The molecule has 0 fully saturated rings. The van der Waals surface area contributed by atoms with Gasteiger partial charge in [0.25, 0.3) is 0 Å². The molecule has 1 rings (SSSR count). The number of halogens is 1. The van der Waals surface area contributed by atoms with Crippen LogP contribution in [0.25, 0.3) is 6.08 Å². The van der Waals surface area contributed by atoms with Crippen LogP contribution in [-0.4, -0.2) is 4.98 Å². The summed E-state index contributed by atoms with van der Waals surface area (Å²) < 4.78 is 0. The summed E-state index contributed by atoms with van der Waals surface area (Å²) in [5.41, 5.74) is 0. The van der Waals surface area contributed by atoms with Crippen LogP contribution in [0.4, 0.5) is 0 Å². The number of rotatable bonds is 1. The maximum atomic E-state index is 4.11. The molecule has 3 heteroatoms. The van der Waals surface area contributed by atoms with Crippen molar-refractivity contribution in [2.24, 2.45) is 0 Å². The molecule has 1 nitrogen and oxygen atoms in total. The van der Waals surface area contributed by atoms with Gasteiger partial charge >= 0.3 is 0 Å². The minimum Gasteiger partial charge on any atom is -0.245 e. The SMILES string of the molecule is Cc1cnc(/C=C/Br)s1. The third-order valence-electron chi connectivity index (χ3n) is 0.845. The molecule has 0 N–H and O–H groups in total. The molecule has 0 aliphatic carbocycles. The molecule has 0 amide bonds. The maximum absolute atomic E-state index is 4.11. The lowest BCUT2D eigenvalue weighted by atomic mass is 10.6. The molecular formula is C6H6BrNS. The minimum absolute atomic E-state index is 1.05. The standard InChI is InChI=1S/C6H6BrNS/c1-5-4-8-6(9-5)2-3-7/h2-4H,1H3/b3-2+. The molecule has 0 saturated carbocycles. The van der Waals surface area contributed by atoms with Crippen LogP contribution in [0, 0.1) is 6.92 Å². The molecule has 0 aliphatic heterocycles. The van der Waals surface area contributed by atoms with Crippen molar-refractivity contribution >= 4 is 33.3 Å². The zero-order chi connectivity index (χ0) is 6.69. The van der Waals surface area contributed by atoms with Gasteiger partial charge in [-0.15, -0.1) is 11.3 Å². The van der Waals surface area contributed by atoms with Crippen LogP contribution in [0.15, 0.2) is 11.2 Å². The Bertz CT molecular complexity index is 217. The summed E-state index contributed by atoms with van der Waals surface area (Å²) in [5, 5.41) is 1.05. The van der Waals surface area contributed by atoms with Crippen molar-refractivity contribution in [3.05, 3.63) is 21.1 Å². The highest BCUT2D eigenvalue weighted by Gasteiger charge is 1.90. The number of hydrogen-bond donors (Lipinski definition) is 0. The summed E-state index contributed by atoms with van der Waals surface area (Å²) in [6.45, 7) is 2.04. The van der Waals surface area contributed by atoms with Gasteiger partial charge in [-0.3, -0.25) is 0 Å². The number of nitrogens with zero attached hydrogens (tertiary/aromatic N) is 1. The van der Waals surface area contributed by atoms with Gasteiger partial charge in [-0.25, -0.2) is 4.98 Å². The van der Waals surface area contributed by atoms with E-state index in [0.717, 1.165) is 5.01 Å². The molecular weight excluding hydrogens is 198 g/mol. The van der Waals surface area contributed by atoms with E-state index in [0.29, 0.717) is 0 Å². The second-order valence-corrected chi connectivity index (χ2v) is 3.40. The van der Waals surface area contributed by atoms with Gasteiger partial charge in [-0.1, -0.05) is 15.9 Å². The lowest BCUT2D eigenvalue weighted by molar-refractivity contribution is 1.36. The second kappa shape index (κ2) is 3.13. The smallest absolute Gasteiger partial charge is 0.116 e. The molecule has 0 radical (unpaired) electrons. The van der Waals surface area contributed by atoms with E-state index in [1.807, 2.05) is 24.2 Å². The first-order valence-corrected chi connectivity index (χ1v) is 4.25. The van der Waals surface area contributed by atoms with Crippen molar-refractivity contribution in [2.75, 3.05) is 0 Å². The zero-order valence-electron chi connectivity index (χ0n) is 4.97. The Kier molecular flexibility index (Phi) is 2.42. The number of aromatic nitrogens is 1. The summed E-state index contributed by atoms with van der Waals surface area (Å²) in [7, 11) is 0. The van der Waals surface area contributed by atoms with Gasteiger partial charge in [-0.2, -0.15) is 0 Å². The van der Waals surface area contributed by atoms with Crippen molar-refractivity contribution < 1.29 is 0 Å². The number of aryl methyl sites for hydroxylation is 1. The van der Waals surface area contributed by atoms with Crippen molar-refractivity contribution in [1.29, 1.82) is 0 Å². The first-order chi connectivity index (χ1) is 4.33. The molecule has 0 atom stereocenters. The van der Waals surface area contributed by atoms with Crippen LogP contribution >= 0.6 is 27.3 Å². The van der Waals surface area contributed by atoms with E-state index < -0.39 is 0 Å². The Morgan fingerprint density at radius 1 is 1.78 bits per heavy atom. The van der Waals surface area contributed by atoms with E-state index in [2.05, 4.69) is 20.9 Å². The lowest BCUT2D eigenvalue weighted by Gasteiger charge is -1.74. The maximum Gasteiger partial charge on any atom is 0.116 e. The van der Waals surface area contributed by atoms with E-state index in [1.54, 1.807) is 11.3 Å². The first kappa shape index (κ1) is 6.96. The summed E-state index contributed by atoms with van der Waals surface area (Å²) in [6, 6.07) is 0. The third kappa shape index (κ3) is 1.91. The van der Waals surface area contributed by atoms with Gasteiger partial charge in [0.1, 0.15) is 5.01 Å². The van der Waals surface area contributed by atoms with Crippen LogP contribution < -0.4 is 0 Å². The summed E-state index contributed by atoms with van der Waals surface area (Å²) in [5.74, 6) is 0. The van der Waals surface area contributed by atoms with Gasteiger partial charge in [0, 0.05) is 11.1 Å². The fourth-order valence-electron chi connectivity index (χ4n) is 0.503. The molecule has 0 aliphatic rings. The topological polar surface area (TPSA) is 12.9 Å². The van der Waals surface area contributed by atoms with Gasteiger partial charge in [-0.05, 0) is 18.0 Å². The molecule has 48 valence electrons. The van der Waals surface area contributed by atoms with Gasteiger partial charge in [0.15, 0.2) is 0 Å². The molecule has 1 aromatic heterocycles. The van der Waals surface area contributed by atoms with Crippen LogP contribution in [0.5, 0.6) is 0 Å². The highest BCUT2D eigenvalue weighted by atomic mass is 79.9. The summed E-state index contributed by atoms with van der Waals surface area (Å²) >= 11 is 4.87. The molecule has 0 unspecified atom stereocenters. The molecule has 0 bridgehead atoms. The lowest BCUT2D eigenvalue weighted by Crippen LogP contribution is -1.59. The van der Waals surface area contributed by atoms with E-state index in [9.17, 15) is 0 Å². The van der Waals surface area contributed by atoms with Crippen LogP contribution in [0.3, 0.4) is 0 Å². The fraction of sp³-hybridized carbons (Fsp3) is 0.167. The number of thiazole rings is 1. The average Bonchev–Trinajstić information content (AvgIpc) is 2.17.